The van der Waals surface area contributed by atoms with Gasteiger partial charge in [-0.3, -0.25) is 4.79 Å². The zero-order valence-corrected chi connectivity index (χ0v) is 17.7. The first-order valence-corrected chi connectivity index (χ1v) is 11.3. The Hall–Kier alpha value is -1.28. The van der Waals surface area contributed by atoms with Crippen molar-refractivity contribution in [2.75, 3.05) is 6.61 Å². The molecule has 3 unspecified atom stereocenters. The van der Waals surface area contributed by atoms with Crippen LogP contribution in [0.3, 0.4) is 0 Å². The Balaban J connectivity index is 1.45. The molecule has 4 fully saturated rings. The number of carbonyl (C=O) groups excluding carboxylic acids is 1. The van der Waals surface area contributed by atoms with Crippen molar-refractivity contribution in [1.82, 2.24) is 0 Å². The Kier molecular flexibility index (Phi) is 3.71. The summed E-state index contributed by atoms with van der Waals surface area (Å²) in [7, 11) is 0. The SMILES string of the molecule is CC1=N[C@]2(C(=O)CO)[C@@H](CC3C4CCC5=C[C@@H](O)[C@H]6O[C@H]6[C@]5(C)C4[C@@H](O)C[C@@]32C)O1. The smallest absolute Gasteiger partial charge is 0.190 e. The fourth-order valence-corrected chi connectivity index (χ4v) is 8.69. The predicted molar refractivity (Wildman–Crippen MR) is 107 cm³/mol. The molecule has 2 aliphatic heterocycles. The molecule has 6 rings (SSSR count). The van der Waals surface area contributed by atoms with E-state index in [-0.39, 0.29) is 47.3 Å². The molecule has 1 saturated heterocycles. The minimum atomic E-state index is -1.11. The minimum absolute atomic E-state index is 0.0169. The summed E-state index contributed by atoms with van der Waals surface area (Å²) in [6, 6.07) is 0. The summed E-state index contributed by atoms with van der Waals surface area (Å²) in [4.78, 5) is 17.8. The maximum Gasteiger partial charge on any atom is 0.190 e. The summed E-state index contributed by atoms with van der Waals surface area (Å²) in [6.45, 7) is 5.47. The Morgan fingerprint density at radius 1 is 1.33 bits per heavy atom. The number of aliphatic hydroxyl groups excluding tert-OH is 3. The standard InChI is InChI=1S/C23H31NO6/c1-10-24-23(16(28)9-25)17(29-10)7-13-12-5-4-11-6-14(26)19-20(30-19)22(11,3)18(12)15(27)8-21(13,23)2/h6,12-15,17-20,25-27H,4-5,7-9H2,1-3H3/t12?,13?,14-,15+,17-,18?,19-,20-,21+,22+,23-/m1/s1. The van der Waals surface area contributed by atoms with Gasteiger partial charge in [-0.05, 0) is 43.4 Å². The van der Waals surface area contributed by atoms with Crippen molar-refractivity contribution < 1.29 is 29.6 Å². The first kappa shape index (κ1) is 19.4. The van der Waals surface area contributed by atoms with E-state index in [1.54, 1.807) is 6.92 Å². The average molecular weight is 418 g/mol. The van der Waals surface area contributed by atoms with Gasteiger partial charge in [0.1, 0.15) is 24.9 Å². The van der Waals surface area contributed by atoms with Crippen LogP contribution in [0.1, 0.15) is 46.5 Å². The van der Waals surface area contributed by atoms with Gasteiger partial charge in [-0.25, -0.2) is 4.99 Å². The zero-order valence-electron chi connectivity index (χ0n) is 17.7. The van der Waals surface area contributed by atoms with Crippen LogP contribution < -0.4 is 0 Å². The van der Waals surface area contributed by atoms with Gasteiger partial charge in [-0.15, -0.1) is 0 Å². The Morgan fingerprint density at radius 2 is 2.10 bits per heavy atom. The third kappa shape index (κ3) is 1.97. The van der Waals surface area contributed by atoms with E-state index in [0.29, 0.717) is 18.7 Å². The lowest BCUT2D eigenvalue weighted by atomic mass is 9.45. The van der Waals surface area contributed by atoms with Crippen molar-refractivity contribution in [2.24, 2.45) is 33.6 Å². The summed E-state index contributed by atoms with van der Waals surface area (Å²) in [5, 5.41) is 31.7. The number of aliphatic imine (C=N–C) groups is 1. The summed E-state index contributed by atoms with van der Waals surface area (Å²) >= 11 is 0. The molecule has 6 aliphatic rings. The second-order valence-electron chi connectivity index (χ2n) is 10.8. The summed E-state index contributed by atoms with van der Waals surface area (Å²) in [5.41, 5.74) is -0.756. The van der Waals surface area contributed by atoms with Crippen LogP contribution in [-0.2, 0) is 14.3 Å². The number of ketones is 1. The van der Waals surface area contributed by atoms with E-state index in [2.05, 4.69) is 13.8 Å². The maximum absolute atomic E-state index is 13.1. The van der Waals surface area contributed by atoms with Gasteiger partial charge in [-0.2, -0.15) is 0 Å². The number of ether oxygens (including phenoxy) is 2. The van der Waals surface area contributed by atoms with E-state index in [0.717, 1.165) is 12.8 Å². The van der Waals surface area contributed by atoms with Crippen molar-refractivity contribution in [3.05, 3.63) is 11.6 Å². The molecule has 0 aromatic carbocycles. The Labute approximate surface area is 176 Å². The highest BCUT2D eigenvalue weighted by Crippen LogP contribution is 2.71. The van der Waals surface area contributed by atoms with Crippen LogP contribution in [0, 0.1) is 28.6 Å². The van der Waals surface area contributed by atoms with Gasteiger partial charge < -0.3 is 24.8 Å². The van der Waals surface area contributed by atoms with E-state index in [4.69, 9.17) is 14.5 Å². The molecule has 3 saturated carbocycles. The topological polar surface area (TPSA) is 112 Å². The molecule has 164 valence electrons. The molecule has 0 amide bonds. The monoisotopic (exact) mass is 417 g/mol. The number of hydrogen-bond acceptors (Lipinski definition) is 7. The lowest BCUT2D eigenvalue weighted by Gasteiger charge is -2.60. The van der Waals surface area contributed by atoms with Crippen LogP contribution >= 0.6 is 0 Å². The minimum Gasteiger partial charge on any atom is -0.475 e. The van der Waals surface area contributed by atoms with Crippen LogP contribution in [-0.4, -0.2) is 69.7 Å². The zero-order chi connectivity index (χ0) is 21.2. The van der Waals surface area contributed by atoms with E-state index in [1.807, 2.05) is 6.08 Å². The first-order valence-electron chi connectivity index (χ1n) is 11.3. The number of rotatable bonds is 2. The third-order valence-corrected chi connectivity index (χ3v) is 9.82. The largest absolute Gasteiger partial charge is 0.475 e. The highest BCUT2D eigenvalue weighted by Gasteiger charge is 2.76. The van der Waals surface area contributed by atoms with Gasteiger partial charge in [0.15, 0.2) is 17.2 Å². The molecule has 2 heterocycles. The molecular formula is C23H31NO6. The Morgan fingerprint density at radius 3 is 2.83 bits per heavy atom. The van der Waals surface area contributed by atoms with Crippen molar-refractivity contribution in [3.63, 3.8) is 0 Å². The van der Waals surface area contributed by atoms with Gasteiger partial charge in [0.2, 0.25) is 0 Å². The van der Waals surface area contributed by atoms with E-state index < -0.39 is 29.8 Å². The van der Waals surface area contributed by atoms with Crippen molar-refractivity contribution in [3.8, 4) is 0 Å². The van der Waals surface area contributed by atoms with Crippen LogP contribution in [0.5, 0.6) is 0 Å². The average Bonchev–Trinajstić information content (AvgIpc) is 3.39. The number of epoxide rings is 1. The van der Waals surface area contributed by atoms with Crippen LogP contribution in [0.2, 0.25) is 0 Å². The number of carbonyl (C=O) groups is 1. The number of Topliss-reactive ketones (excluding diaryl/α,β-unsaturated/α-hetero) is 1. The molecule has 0 spiro atoms. The lowest BCUT2D eigenvalue weighted by Crippen LogP contribution is -2.63. The van der Waals surface area contributed by atoms with Gasteiger partial charge >= 0.3 is 0 Å². The normalized spacial score (nSPS) is 57.7. The second kappa shape index (κ2) is 5.74. The molecular weight excluding hydrogens is 386 g/mol. The van der Waals surface area contributed by atoms with Crippen molar-refractivity contribution >= 4 is 11.7 Å². The fourth-order valence-electron chi connectivity index (χ4n) is 8.69. The van der Waals surface area contributed by atoms with Crippen LogP contribution in [0.25, 0.3) is 0 Å². The molecule has 11 atom stereocenters. The molecule has 4 aliphatic carbocycles. The molecule has 3 N–H and O–H groups in total. The molecule has 0 bridgehead atoms. The molecule has 0 aromatic heterocycles. The fraction of sp³-hybridized carbons (Fsp3) is 0.826. The second-order valence-corrected chi connectivity index (χ2v) is 10.8. The van der Waals surface area contributed by atoms with Gasteiger partial charge in [0.05, 0.1) is 12.2 Å². The molecule has 7 nitrogen and oxygen atoms in total. The molecule has 0 radical (unpaired) electrons. The summed E-state index contributed by atoms with van der Waals surface area (Å²) in [6.07, 6.45) is 3.15. The van der Waals surface area contributed by atoms with Gasteiger partial charge in [0.25, 0.3) is 0 Å². The maximum atomic E-state index is 13.1. The number of hydrogen-bond donors (Lipinski definition) is 3. The lowest BCUT2D eigenvalue weighted by molar-refractivity contribution is -0.150. The molecule has 30 heavy (non-hydrogen) atoms. The van der Waals surface area contributed by atoms with E-state index in [1.165, 1.54) is 5.57 Å². The first-order chi connectivity index (χ1) is 14.2. The Bertz CT molecular complexity index is 885. The van der Waals surface area contributed by atoms with Gasteiger partial charge in [-0.1, -0.05) is 25.5 Å². The quantitative estimate of drug-likeness (QED) is 0.456. The predicted octanol–water partition coefficient (Wildman–Crippen LogP) is 0.995. The number of nitrogens with zero attached hydrogens (tertiary/aromatic N) is 1. The molecule has 0 aromatic rings. The van der Waals surface area contributed by atoms with Crippen molar-refractivity contribution in [2.45, 2.75) is 82.5 Å². The number of aliphatic hydroxyl groups is 3. The summed E-state index contributed by atoms with van der Waals surface area (Å²) < 4.78 is 11.9. The van der Waals surface area contributed by atoms with E-state index in [9.17, 15) is 20.1 Å². The van der Waals surface area contributed by atoms with E-state index >= 15 is 0 Å². The van der Waals surface area contributed by atoms with Crippen molar-refractivity contribution in [1.29, 1.82) is 0 Å². The summed E-state index contributed by atoms with van der Waals surface area (Å²) in [5.74, 6) is 0.603. The number of fused-ring (bicyclic) bond motifs is 9. The van der Waals surface area contributed by atoms with Crippen LogP contribution in [0.4, 0.5) is 0 Å². The molecule has 7 heteroatoms. The highest BCUT2D eigenvalue weighted by molar-refractivity contribution is 5.96. The highest BCUT2D eigenvalue weighted by atomic mass is 16.6. The van der Waals surface area contributed by atoms with Gasteiger partial charge in [0, 0.05) is 17.8 Å². The van der Waals surface area contributed by atoms with Crippen LogP contribution in [0.15, 0.2) is 16.6 Å². The third-order valence-electron chi connectivity index (χ3n) is 9.82.